The third-order valence-electron chi connectivity index (χ3n) is 3.40. The fourth-order valence-electron chi connectivity index (χ4n) is 1.86. The molecule has 114 valence electrons. The number of ketones is 1. The molecule has 0 aliphatic heterocycles. The minimum Gasteiger partial charge on any atom is -0.454 e. The van der Waals surface area contributed by atoms with E-state index >= 15 is 0 Å². The van der Waals surface area contributed by atoms with Crippen molar-refractivity contribution in [1.82, 2.24) is 0 Å². The smallest absolute Gasteiger partial charge is 0.338 e. The van der Waals surface area contributed by atoms with Crippen LogP contribution in [0.1, 0.15) is 31.1 Å². The SMILES string of the molecule is CC(C)(C)C(=O)COC(=O)c1ccc(-c2ccccc2)cc1. The second kappa shape index (κ2) is 6.56. The van der Waals surface area contributed by atoms with Crippen molar-refractivity contribution < 1.29 is 14.3 Å². The molecule has 22 heavy (non-hydrogen) atoms. The molecule has 0 spiro atoms. The van der Waals surface area contributed by atoms with Crippen LogP contribution in [0.5, 0.6) is 0 Å². The van der Waals surface area contributed by atoms with Gasteiger partial charge in [0.05, 0.1) is 5.56 Å². The Morgan fingerprint density at radius 2 is 1.41 bits per heavy atom. The van der Waals surface area contributed by atoms with Gasteiger partial charge < -0.3 is 4.74 Å². The summed E-state index contributed by atoms with van der Waals surface area (Å²) in [4.78, 5) is 23.7. The van der Waals surface area contributed by atoms with Gasteiger partial charge in [-0.05, 0) is 23.3 Å². The molecule has 0 aliphatic carbocycles. The molecule has 0 saturated heterocycles. The van der Waals surface area contributed by atoms with E-state index in [1.807, 2.05) is 42.5 Å². The number of benzene rings is 2. The maximum Gasteiger partial charge on any atom is 0.338 e. The molecule has 3 nitrogen and oxygen atoms in total. The van der Waals surface area contributed by atoms with E-state index in [1.54, 1.807) is 32.9 Å². The van der Waals surface area contributed by atoms with Crippen LogP contribution in [0.3, 0.4) is 0 Å². The minimum atomic E-state index is -0.503. The monoisotopic (exact) mass is 296 g/mol. The van der Waals surface area contributed by atoms with Gasteiger partial charge in [-0.3, -0.25) is 4.79 Å². The molecule has 0 bridgehead atoms. The van der Waals surface area contributed by atoms with Gasteiger partial charge in [0, 0.05) is 5.41 Å². The molecular formula is C19H20O3. The van der Waals surface area contributed by atoms with Crippen LogP contribution in [0.25, 0.3) is 11.1 Å². The molecule has 0 aliphatic rings. The zero-order valence-electron chi connectivity index (χ0n) is 13.1. The first kappa shape index (κ1) is 16.0. The summed E-state index contributed by atoms with van der Waals surface area (Å²) in [6.07, 6.45) is 0. The van der Waals surface area contributed by atoms with Gasteiger partial charge in [-0.25, -0.2) is 4.79 Å². The standard InChI is InChI=1S/C19H20O3/c1-19(2,3)17(20)13-22-18(21)16-11-9-15(10-12-16)14-7-5-4-6-8-14/h4-12H,13H2,1-3H3. The topological polar surface area (TPSA) is 43.4 Å². The number of ether oxygens (including phenoxy) is 1. The van der Waals surface area contributed by atoms with Crippen LogP contribution in [-0.4, -0.2) is 18.4 Å². The molecule has 0 atom stereocenters. The van der Waals surface area contributed by atoms with Gasteiger partial charge in [-0.2, -0.15) is 0 Å². The molecule has 0 radical (unpaired) electrons. The van der Waals surface area contributed by atoms with Crippen molar-refractivity contribution in [1.29, 1.82) is 0 Å². The van der Waals surface area contributed by atoms with Gasteiger partial charge >= 0.3 is 5.97 Å². The molecule has 0 aromatic heterocycles. The van der Waals surface area contributed by atoms with Crippen LogP contribution < -0.4 is 0 Å². The van der Waals surface area contributed by atoms with Gasteiger partial charge in [0.15, 0.2) is 12.4 Å². The van der Waals surface area contributed by atoms with Crippen molar-refractivity contribution in [2.75, 3.05) is 6.61 Å². The lowest BCUT2D eigenvalue weighted by atomic mass is 9.91. The van der Waals surface area contributed by atoms with Crippen molar-refractivity contribution in [3.05, 3.63) is 60.2 Å². The number of carbonyl (C=O) groups excluding carboxylic acids is 2. The van der Waals surface area contributed by atoms with Gasteiger partial charge in [0.2, 0.25) is 0 Å². The number of hydrogen-bond acceptors (Lipinski definition) is 3. The van der Waals surface area contributed by atoms with Crippen LogP contribution in [0, 0.1) is 5.41 Å². The van der Waals surface area contributed by atoms with Crippen LogP contribution in [-0.2, 0) is 9.53 Å². The molecule has 0 amide bonds. The number of rotatable bonds is 4. The first-order valence-electron chi connectivity index (χ1n) is 7.24. The lowest BCUT2D eigenvalue weighted by Gasteiger charge is -2.16. The quantitative estimate of drug-likeness (QED) is 0.797. The zero-order chi connectivity index (χ0) is 16.2. The predicted octanol–water partition coefficient (Wildman–Crippen LogP) is 4.13. The second-order valence-corrected chi connectivity index (χ2v) is 6.19. The van der Waals surface area contributed by atoms with Gasteiger partial charge in [-0.15, -0.1) is 0 Å². The number of carbonyl (C=O) groups is 2. The Balaban J connectivity index is 2.02. The minimum absolute atomic E-state index is 0.0956. The van der Waals surface area contributed by atoms with Crippen LogP contribution in [0.2, 0.25) is 0 Å². The molecular weight excluding hydrogens is 276 g/mol. The van der Waals surface area contributed by atoms with E-state index in [2.05, 4.69) is 0 Å². The van der Waals surface area contributed by atoms with Crippen molar-refractivity contribution in [3.63, 3.8) is 0 Å². The van der Waals surface area contributed by atoms with E-state index < -0.39 is 11.4 Å². The highest BCUT2D eigenvalue weighted by atomic mass is 16.5. The predicted molar refractivity (Wildman–Crippen MR) is 86.6 cm³/mol. The molecule has 2 aromatic rings. The molecule has 0 N–H and O–H groups in total. The average Bonchev–Trinajstić information content (AvgIpc) is 2.52. The van der Waals surface area contributed by atoms with E-state index in [1.165, 1.54) is 0 Å². The lowest BCUT2D eigenvalue weighted by Crippen LogP contribution is -2.26. The summed E-state index contributed by atoms with van der Waals surface area (Å²) in [5.74, 6) is -0.570. The summed E-state index contributed by atoms with van der Waals surface area (Å²) in [6, 6.07) is 17.1. The summed E-state index contributed by atoms with van der Waals surface area (Å²) in [6.45, 7) is 5.22. The third-order valence-corrected chi connectivity index (χ3v) is 3.40. The maximum absolute atomic E-state index is 11.9. The van der Waals surface area contributed by atoms with E-state index in [-0.39, 0.29) is 12.4 Å². The summed E-state index contributed by atoms with van der Waals surface area (Å²) < 4.78 is 5.07. The number of esters is 1. The molecule has 0 unspecified atom stereocenters. The highest BCUT2D eigenvalue weighted by Gasteiger charge is 2.22. The lowest BCUT2D eigenvalue weighted by molar-refractivity contribution is -0.129. The fraction of sp³-hybridized carbons (Fsp3) is 0.263. The Labute approximate surface area is 130 Å². The fourth-order valence-corrected chi connectivity index (χ4v) is 1.86. The van der Waals surface area contributed by atoms with E-state index in [9.17, 15) is 9.59 Å². The molecule has 0 heterocycles. The average molecular weight is 296 g/mol. The summed E-state index contributed by atoms with van der Waals surface area (Å²) in [5, 5.41) is 0. The molecule has 3 heteroatoms. The Morgan fingerprint density at radius 3 is 1.95 bits per heavy atom. The number of Topliss-reactive ketones (excluding diaryl/α,β-unsaturated/α-hetero) is 1. The summed E-state index contributed by atoms with van der Waals surface area (Å²) in [5.41, 5.74) is 2.06. The van der Waals surface area contributed by atoms with E-state index in [0.29, 0.717) is 5.56 Å². The van der Waals surface area contributed by atoms with Crippen LogP contribution in [0.15, 0.2) is 54.6 Å². The van der Waals surface area contributed by atoms with E-state index in [4.69, 9.17) is 4.74 Å². The van der Waals surface area contributed by atoms with E-state index in [0.717, 1.165) is 11.1 Å². The van der Waals surface area contributed by atoms with Crippen LogP contribution in [0.4, 0.5) is 0 Å². The largest absolute Gasteiger partial charge is 0.454 e. The van der Waals surface area contributed by atoms with Crippen molar-refractivity contribution in [2.45, 2.75) is 20.8 Å². The number of hydrogen-bond donors (Lipinski definition) is 0. The third kappa shape index (κ3) is 4.04. The van der Waals surface area contributed by atoms with Gasteiger partial charge in [-0.1, -0.05) is 63.2 Å². The normalized spacial score (nSPS) is 11.0. The highest BCUT2D eigenvalue weighted by molar-refractivity contribution is 5.93. The summed E-state index contributed by atoms with van der Waals surface area (Å²) in [7, 11) is 0. The maximum atomic E-state index is 11.9. The second-order valence-electron chi connectivity index (χ2n) is 6.19. The van der Waals surface area contributed by atoms with Crippen molar-refractivity contribution >= 4 is 11.8 Å². The Kier molecular flexibility index (Phi) is 4.76. The first-order chi connectivity index (χ1) is 10.4. The highest BCUT2D eigenvalue weighted by Crippen LogP contribution is 2.20. The first-order valence-corrected chi connectivity index (χ1v) is 7.24. The van der Waals surface area contributed by atoms with Crippen LogP contribution >= 0.6 is 0 Å². The van der Waals surface area contributed by atoms with Crippen molar-refractivity contribution in [3.8, 4) is 11.1 Å². The molecule has 2 rings (SSSR count). The summed E-state index contributed by atoms with van der Waals surface area (Å²) >= 11 is 0. The van der Waals surface area contributed by atoms with Crippen molar-refractivity contribution in [2.24, 2.45) is 5.41 Å². The molecule has 0 fully saturated rings. The Bertz CT molecular complexity index is 649. The Hall–Kier alpha value is -2.42. The Morgan fingerprint density at radius 1 is 0.864 bits per heavy atom. The van der Waals surface area contributed by atoms with Gasteiger partial charge in [0.25, 0.3) is 0 Å². The molecule has 2 aromatic carbocycles. The zero-order valence-corrected chi connectivity index (χ0v) is 13.1. The molecule has 0 saturated carbocycles. The van der Waals surface area contributed by atoms with Gasteiger partial charge in [0.1, 0.15) is 0 Å².